The summed E-state index contributed by atoms with van der Waals surface area (Å²) >= 11 is 0. The Labute approximate surface area is 129 Å². The van der Waals surface area contributed by atoms with Gasteiger partial charge in [-0.3, -0.25) is 0 Å². The fourth-order valence-electron chi connectivity index (χ4n) is 2.35. The van der Waals surface area contributed by atoms with E-state index in [1.165, 1.54) is 51.4 Å². The lowest BCUT2D eigenvalue weighted by Gasteiger charge is -2.05. The summed E-state index contributed by atoms with van der Waals surface area (Å²) < 4.78 is 5.23. The highest BCUT2D eigenvalue weighted by Gasteiger charge is 2.05. The van der Waals surface area contributed by atoms with Crippen molar-refractivity contribution in [3.63, 3.8) is 0 Å². The molecule has 0 aliphatic carbocycles. The largest absolute Gasteiger partial charge is 0.462 e. The predicted molar refractivity (Wildman–Crippen MR) is 87.4 cm³/mol. The third-order valence-corrected chi connectivity index (χ3v) is 3.66. The van der Waals surface area contributed by atoms with Crippen molar-refractivity contribution in [2.24, 2.45) is 0 Å². The minimum Gasteiger partial charge on any atom is -0.462 e. The third-order valence-electron chi connectivity index (χ3n) is 3.66. The molecular weight excluding hydrogens is 260 g/mol. The molecule has 0 N–H and O–H groups in total. The maximum absolute atomic E-state index is 11.7. The van der Waals surface area contributed by atoms with Crippen LogP contribution in [-0.2, 0) is 4.74 Å². The quantitative estimate of drug-likeness (QED) is 0.372. The minimum absolute atomic E-state index is 0.258. The monoisotopic (exact) mass is 289 g/mol. The maximum Gasteiger partial charge on any atom is 0.338 e. The van der Waals surface area contributed by atoms with Crippen LogP contribution in [0.1, 0.15) is 81.5 Å². The van der Waals surface area contributed by atoms with E-state index in [0.29, 0.717) is 12.2 Å². The number of carbonyl (C=O) groups excluding carboxylic acids is 1. The van der Waals surface area contributed by atoms with Gasteiger partial charge in [-0.05, 0) is 18.6 Å². The number of unbranched alkanes of at least 4 members (excludes halogenated alkanes) is 9. The van der Waals surface area contributed by atoms with E-state index in [1.807, 2.05) is 12.1 Å². The van der Waals surface area contributed by atoms with E-state index in [0.717, 1.165) is 12.8 Å². The van der Waals surface area contributed by atoms with Gasteiger partial charge >= 0.3 is 5.97 Å². The lowest BCUT2D eigenvalue weighted by molar-refractivity contribution is 0.0497. The van der Waals surface area contributed by atoms with Gasteiger partial charge in [0.15, 0.2) is 0 Å². The molecule has 1 radical (unpaired) electrons. The highest BCUT2D eigenvalue weighted by Crippen LogP contribution is 2.10. The Kier molecular flexibility index (Phi) is 10.5. The molecular formula is C19H29O2. The first kappa shape index (κ1) is 17.7. The van der Waals surface area contributed by atoms with E-state index in [2.05, 4.69) is 13.0 Å². The average Bonchev–Trinajstić information content (AvgIpc) is 2.53. The van der Waals surface area contributed by atoms with E-state index in [-0.39, 0.29) is 5.97 Å². The first-order valence-corrected chi connectivity index (χ1v) is 8.48. The molecule has 0 aliphatic rings. The third kappa shape index (κ3) is 9.28. The van der Waals surface area contributed by atoms with Crippen LogP contribution in [0.25, 0.3) is 0 Å². The number of esters is 1. The van der Waals surface area contributed by atoms with Gasteiger partial charge in [-0.15, -0.1) is 0 Å². The fraction of sp³-hybridized carbons (Fsp3) is 0.632. The minimum atomic E-state index is -0.258. The van der Waals surface area contributed by atoms with E-state index >= 15 is 0 Å². The number of carbonyl (C=O) groups is 1. The van der Waals surface area contributed by atoms with Gasteiger partial charge in [0.25, 0.3) is 0 Å². The summed E-state index contributed by atoms with van der Waals surface area (Å²) in [4.78, 5) is 11.7. The van der Waals surface area contributed by atoms with Crippen molar-refractivity contribution < 1.29 is 9.53 Å². The normalized spacial score (nSPS) is 10.5. The van der Waals surface area contributed by atoms with E-state index in [1.54, 1.807) is 12.1 Å². The Morgan fingerprint density at radius 2 is 1.57 bits per heavy atom. The molecule has 117 valence electrons. The summed E-state index contributed by atoms with van der Waals surface area (Å²) in [6.07, 6.45) is 12.9. The van der Waals surface area contributed by atoms with Gasteiger partial charge in [0.2, 0.25) is 0 Å². The molecule has 0 amide bonds. The molecule has 0 aliphatic heterocycles. The maximum atomic E-state index is 11.7. The van der Waals surface area contributed by atoms with Crippen LogP contribution in [0.5, 0.6) is 0 Å². The zero-order chi connectivity index (χ0) is 15.2. The SMILES string of the molecule is CCCCCCCCCCCCOC(=O)c1[c]cccc1. The summed E-state index contributed by atoms with van der Waals surface area (Å²) in [5.74, 6) is -0.258. The molecule has 0 bridgehead atoms. The number of hydrogen-bond donors (Lipinski definition) is 0. The molecule has 0 atom stereocenters. The Morgan fingerprint density at radius 1 is 0.952 bits per heavy atom. The summed E-state index contributed by atoms with van der Waals surface area (Å²) in [7, 11) is 0. The number of hydrogen-bond acceptors (Lipinski definition) is 2. The second kappa shape index (κ2) is 12.4. The van der Waals surface area contributed by atoms with E-state index < -0.39 is 0 Å². The molecule has 2 heteroatoms. The van der Waals surface area contributed by atoms with Gasteiger partial charge in [-0.2, -0.15) is 0 Å². The van der Waals surface area contributed by atoms with E-state index in [9.17, 15) is 4.79 Å². The van der Waals surface area contributed by atoms with Crippen molar-refractivity contribution in [2.45, 2.75) is 71.1 Å². The summed E-state index contributed by atoms with van der Waals surface area (Å²) in [6.45, 7) is 2.78. The van der Waals surface area contributed by atoms with Gasteiger partial charge in [0, 0.05) is 0 Å². The van der Waals surface area contributed by atoms with Gasteiger partial charge < -0.3 is 4.74 Å². The standard InChI is InChI=1S/C19H29O2/c1-2-3-4-5-6-7-8-9-10-14-17-21-19(20)18-15-12-11-13-16-18/h11-13,15H,2-10,14,17H2,1H3. The number of ether oxygens (including phenoxy) is 1. The Morgan fingerprint density at radius 3 is 2.14 bits per heavy atom. The molecule has 0 heterocycles. The molecule has 0 spiro atoms. The lowest BCUT2D eigenvalue weighted by atomic mass is 10.1. The van der Waals surface area contributed by atoms with Crippen LogP contribution < -0.4 is 0 Å². The molecule has 0 fully saturated rings. The Bertz CT molecular complexity index is 359. The van der Waals surface area contributed by atoms with E-state index in [4.69, 9.17) is 4.74 Å². The van der Waals surface area contributed by atoms with Gasteiger partial charge in [0.05, 0.1) is 12.2 Å². The van der Waals surface area contributed by atoms with Crippen LogP contribution in [0.15, 0.2) is 24.3 Å². The first-order valence-electron chi connectivity index (χ1n) is 8.48. The van der Waals surface area contributed by atoms with Gasteiger partial charge in [-0.1, -0.05) is 82.9 Å². The lowest BCUT2D eigenvalue weighted by Crippen LogP contribution is -2.06. The molecule has 1 aromatic carbocycles. The van der Waals surface area contributed by atoms with Gasteiger partial charge in [-0.25, -0.2) is 4.79 Å². The fourth-order valence-corrected chi connectivity index (χ4v) is 2.35. The predicted octanol–water partition coefficient (Wildman–Crippen LogP) is 5.56. The zero-order valence-corrected chi connectivity index (χ0v) is 13.4. The zero-order valence-electron chi connectivity index (χ0n) is 13.4. The average molecular weight is 289 g/mol. The van der Waals surface area contributed by atoms with Crippen LogP contribution in [0, 0.1) is 6.07 Å². The molecule has 0 saturated heterocycles. The number of rotatable bonds is 12. The molecule has 0 unspecified atom stereocenters. The molecule has 2 nitrogen and oxygen atoms in total. The van der Waals surface area contributed by atoms with Crippen molar-refractivity contribution in [1.82, 2.24) is 0 Å². The van der Waals surface area contributed by atoms with Crippen molar-refractivity contribution in [3.8, 4) is 0 Å². The topological polar surface area (TPSA) is 26.3 Å². The summed E-state index contributed by atoms with van der Waals surface area (Å²) in [5.41, 5.74) is 0.518. The van der Waals surface area contributed by atoms with Crippen molar-refractivity contribution >= 4 is 5.97 Å². The Balaban J connectivity index is 1.88. The Hall–Kier alpha value is -1.31. The molecule has 0 saturated carbocycles. The van der Waals surface area contributed by atoms with Crippen LogP contribution >= 0.6 is 0 Å². The second-order valence-electron chi connectivity index (χ2n) is 5.59. The van der Waals surface area contributed by atoms with Crippen molar-refractivity contribution in [2.75, 3.05) is 6.61 Å². The smallest absolute Gasteiger partial charge is 0.338 e. The highest BCUT2D eigenvalue weighted by atomic mass is 16.5. The van der Waals surface area contributed by atoms with Crippen LogP contribution in [0.3, 0.4) is 0 Å². The molecule has 21 heavy (non-hydrogen) atoms. The summed E-state index contributed by atoms with van der Waals surface area (Å²) in [6, 6.07) is 10.0. The molecule has 1 aromatic rings. The summed E-state index contributed by atoms with van der Waals surface area (Å²) in [5, 5.41) is 0. The first-order chi connectivity index (χ1) is 10.3. The van der Waals surface area contributed by atoms with Crippen LogP contribution in [-0.4, -0.2) is 12.6 Å². The van der Waals surface area contributed by atoms with Gasteiger partial charge in [0.1, 0.15) is 0 Å². The highest BCUT2D eigenvalue weighted by molar-refractivity contribution is 5.88. The molecule has 0 aromatic heterocycles. The second-order valence-corrected chi connectivity index (χ2v) is 5.59. The molecule has 1 rings (SSSR count). The van der Waals surface area contributed by atoms with Crippen molar-refractivity contribution in [1.29, 1.82) is 0 Å². The number of benzene rings is 1. The van der Waals surface area contributed by atoms with Crippen molar-refractivity contribution in [3.05, 3.63) is 35.9 Å². The van der Waals surface area contributed by atoms with Crippen LogP contribution in [0.2, 0.25) is 0 Å². The van der Waals surface area contributed by atoms with Crippen LogP contribution in [0.4, 0.5) is 0 Å².